The minimum absolute atomic E-state index is 0.745. The Balaban J connectivity index is 2.96. The Labute approximate surface area is 170 Å². The molecule has 27 heavy (non-hydrogen) atoms. The van der Waals surface area contributed by atoms with E-state index in [1.807, 2.05) is 0 Å². The van der Waals surface area contributed by atoms with E-state index in [1.54, 1.807) is 0 Å². The van der Waals surface area contributed by atoms with Crippen LogP contribution in [0.15, 0.2) is 0 Å². The van der Waals surface area contributed by atoms with E-state index in [9.17, 15) is 0 Å². The molecule has 0 radical (unpaired) electrons. The average molecular weight is 386 g/mol. The third-order valence-corrected chi connectivity index (χ3v) is 5.14. The second-order valence-electron chi connectivity index (χ2n) is 7.85. The highest BCUT2D eigenvalue weighted by Crippen LogP contribution is 2.10. The third-order valence-electron chi connectivity index (χ3n) is 5.14. The Kier molecular flexibility index (Phi) is 25.2. The fourth-order valence-electron chi connectivity index (χ4n) is 3.34. The highest BCUT2D eigenvalue weighted by atomic mass is 16.5. The molecule has 0 aromatic carbocycles. The Bertz CT molecular complexity index is 268. The van der Waals surface area contributed by atoms with E-state index in [2.05, 4.69) is 6.92 Å². The van der Waals surface area contributed by atoms with Crippen LogP contribution >= 0.6 is 0 Å². The fourth-order valence-corrected chi connectivity index (χ4v) is 3.34. The lowest BCUT2D eigenvalue weighted by Gasteiger charge is -2.06. The van der Waals surface area contributed by atoms with E-state index < -0.39 is 0 Å². The topological polar surface area (TPSA) is 39.9 Å². The number of rotatable bonds is 24. The van der Waals surface area contributed by atoms with Gasteiger partial charge in [0.15, 0.2) is 0 Å². The van der Waals surface area contributed by atoms with Crippen molar-refractivity contribution in [3.05, 3.63) is 0 Å². The molecule has 1 N–H and O–H groups in total. The van der Waals surface area contributed by atoms with Gasteiger partial charge in [0.05, 0.1) is 19.6 Å². The SMILES string of the molecule is CCCCCCCCCCCCOCCOCCCCCCCCCC=[OH+]. The number of aldehydes is 1. The highest BCUT2D eigenvalue weighted by Gasteiger charge is 1.95. The van der Waals surface area contributed by atoms with Crippen LogP contribution in [0.2, 0.25) is 0 Å². The second-order valence-corrected chi connectivity index (χ2v) is 7.85. The summed E-state index contributed by atoms with van der Waals surface area (Å²) in [6.07, 6.45) is 24.6. The van der Waals surface area contributed by atoms with Gasteiger partial charge in [-0.2, -0.15) is 0 Å². The first kappa shape index (κ1) is 26.6. The standard InChI is InChI=1S/C24H48O3/c1-2-3-4-5-6-7-9-12-15-18-21-26-23-24-27-22-19-16-13-10-8-11-14-17-20-25/h20H,2-19,21-24H2,1H3/p+1. The summed E-state index contributed by atoms with van der Waals surface area (Å²) >= 11 is 0. The molecule has 0 aliphatic heterocycles. The summed E-state index contributed by atoms with van der Waals surface area (Å²) in [7, 11) is 0. The van der Waals surface area contributed by atoms with Gasteiger partial charge in [0, 0.05) is 13.2 Å². The largest absolute Gasteiger partial charge is 0.379 e. The zero-order valence-electron chi connectivity index (χ0n) is 18.4. The molecule has 0 heterocycles. The van der Waals surface area contributed by atoms with Crippen LogP contribution in [0.4, 0.5) is 0 Å². The van der Waals surface area contributed by atoms with Crippen LogP contribution in [-0.4, -0.2) is 37.5 Å². The number of ether oxygens (including phenoxy) is 2. The summed E-state index contributed by atoms with van der Waals surface area (Å²) in [5.74, 6) is 0. The second kappa shape index (κ2) is 25.6. The van der Waals surface area contributed by atoms with Crippen LogP contribution in [0.5, 0.6) is 0 Å². The van der Waals surface area contributed by atoms with Crippen LogP contribution in [0.1, 0.15) is 122 Å². The lowest BCUT2D eigenvalue weighted by atomic mass is 10.1. The van der Waals surface area contributed by atoms with Crippen LogP contribution in [0, 0.1) is 0 Å². The lowest BCUT2D eigenvalue weighted by Crippen LogP contribution is -2.06. The Morgan fingerprint density at radius 2 is 0.852 bits per heavy atom. The van der Waals surface area contributed by atoms with Crippen LogP contribution in [0.25, 0.3) is 0 Å². The maximum atomic E-state index is 8.59. The van der Waals surface area contributed by atoms with Crippen molar-refractivity contribution in [3.8, 4) is 0 Å². The number of hydrogen-bond donors (Lipinski definition) is 0. The van der Waals surface area contributed by atoms with Crippen LogP contribution < -0.4 is 0 Å². The lowest BCUT2D eigenvalue weighted by molar-refractivity contribution is 0.0448. The molecule has 0 rings (SSSR count). The molecule has 0 atom stereocenters. The molecule has 0 aromatic heterocycles. The Hall–Kier alpha value is -0.410. The van der Waals surface area contributed by atoms with Crippen molar-refractivity contribution < 1.29 is 14.3 Å². The smallest absolute Gasteiger partial charge is 0.281 e. The van der Waals surface area contributed by atoms with E-state index in [0.717, 1.165) is 39.3 Å². The van der Waals surface area contributed by atoms with Crippen LogP contribution in [-0.2, 0) is 9.47 Å². The Morgan fingerprint density at radius 1 is 0.481 bits per heavy atom. The molecule has 0 saturated carbocycles. The molecule has 0 aliphatic carbocycles. The zero-order valence-corrected chi connectivity index (χ0v) is 18.4. The van der Waals surface area contributed by atoms with Crippen LogP contribution in [0.3, 0.4) is 0 Å². The first-order valence-corrected chi connectivity index (χ1v) is 12.0. The molecule has 162 valence electrons. The normalized spacial score (nSPS) is 11.1. The number of carbonyl (C=O) groups excluding carboxylic acids is 1. The molecule has 0 fully saturated rings. The minimum Gasteiger partial charge on any atom is -0.379 e. The van der Waals surface area contributed by atoms with Crippen molar-refractivity contribution in [1.82, 2.24) is 0 Å². The van der Waals surface area contributed by atoms with Gasteiger partial charge in [0.1, 0.15) is 0 Å². The summed E-state index contributed by atoms with van der Waals surface area (Å²) in [5, 5.41) is 0. The minimum atomic E-state index is 0.745. The maximum Gasteiger partial charge on any atom is 0.281 e. The van der Waals surface area contributed by atoms with E-state index >= 15 is 0 Å². The van der Waals surface area contributed by atoms with Gasteiger partial charge >= 0.3 is 0 Å². The Morgan fingerprint density at radius 3 is 1.26 bits per heavy atom. The number of hydrogen-bond acceptors (Lipinski definition) is 2. The first-order valence-electron chi connectivity index (χ1n) is 12.0. The summed E-state index contributed by atoms with van der Waals surface area (Å²) < 4.78 is 11.3. The van der Waals surface area contributed by atoms with Gasteiger partial charge in [-0.1, -0.05) is 96.8 Å². The predicted molar refractivity (Wildman–Crippen MR) is 118 cm³/mol. The molecule has 0 aliphatic rings. The number of unbranched alkanes of at least 4 members (excludes halogenated alkanes) is 16. The molecule has 0 saturated heterocycles. The maximum absolute atomic E-state index is 8.59. The molecule has 0 spiro atoms. The fraction of sp³-hybridized carbons (Fsp3) is 0.958. The van der Waals surface area contributed by atoms with E-state index in [0.29, 0.717) is 0 Å². The molecular weight excluding hydrogens is 336 g/mol. The summed E-state index contributed by atoms with van der Waals surface area (Å²) in [6.45, 7) is 5.55. The molecular formula is C24H49O3+. The van der Waals surface area contributed by atoms with Gasteiger partial charge < -0.3 is 9.47 Å². The van der Waals surface area contributed by atoms with E-state index in [4.69, 9.17) is 14.3 Å². The van der Waals surface area contributed by atoms with Gasteiger partial charge in [0.2, 0.25) is 0 Å². The summed E-state index contributed by atoms with van der Waals surface area (Å²) in [6, 6.07) is 0. The first-order chi connectivity index (χ1) is 13.4. The van der Waals surface area contributed by atoms with Crippen molar-refractivity contribution >= 4 is 6.29 Å². The molecule has 0 amide bonds. The van der Waals surface area contributed by atoms with Gasteiger partial charge in [-0.05, 0) is 19.3 Å². The van der Waals surface area contributed by atoms with Gasteiger partial charge in [-0.3, -0.25) is 4.79 Å². The quantitative estimate of drug-likeness (QED) is 0.0998. The summed E-state index contributed by atoms with van der Waals surface area (Å²) in [5.41, 5.74) is 0. The highest BCUT2D eigenvalue weighted by molar-refractivity contribution is 5.50. The molecule has 0 aromatic rings. The van der Waals surface area contributed by atoms with Crippen molar-refractivity contribution in [3.63, 3.8) is 0 Å². The van der Waals surface area contributed by atoms with E-state index in [1.165, 1.54) is 109 Å². The molecule has 3 nitrogen and oxygen atoms in total. The average Bonchev–Trinajstić information content (AvgIpc) is 2.68. The van der Waals surface area contributed by atoms with Crippen molar-refractivity contribution in [1.29, 1.82) is 0 Å². The van der Waals surface area contributed by atoms with E-state index in [-0.39, 0.29) is 0 Å². The van der Waals surface area contributed by atoms with Crippen molar-refractivity contribution in [2.45, 2.75) is 122 Å². The monoisotopic (exact) mass is 385 g/mol. The van der Waals surface area contributed by atoms with Gasteiger partial charge in [0.25, 0.3) is 6.29 Å². The van der Waals surface area contributed by atoms with Crippen molar-refractivity contribution in [2.24, 2.45) is 0 Å². The van der Waals surface area contributed by atoms with Gasteiger partial charge in [-0.15, -0.1) is 0 Å². The molecule has 3 heteroatoms. The van der Waals surface area contributed by atoms with Gasteiger partial charge in [-0.25, -0.2) is 0 Å². The van der Waals surface area contributed by atoms with Crippen molar-refractivity contribution in [2.75, 3.05) is 26.4 Å². The molecule has 0 bridgehead atoms. The third kappa shape index (κ3) is 25.6. The predicted octanol–water partition coefficient (Wildman–Crippen LogP) is 7.24. The molecule has 0 unspecified atom stereocenters. The zero-order chi connectivity index (χ0) is 19.7. The summed E-state index contributed by atoms with van der Waals surface area (Å²) in [4.78, 5) is 8.59.